The predicted octanol–water partition coefficient (Wildman–Crippen LogP) is 14.6. The van der Waals surface area contributed by atoms with Gasteiger partial charge in [-0.1, -0.05) is 188 Å². The highest BCUT2D eigenvalue weighted by Crippen LogP contribution is 2.43. The largest absolute Gasteiger partial charge is 0.310 e. The standard InChI is InChI=1S/C52H37N/c1-3-15-38(16-4-1)40-27-32-44(33-28-40)53(46-36-29-39-17-7-8-20-43(39)37-46)45-34-30-42(31-35-45)48-22-10-12-24-50(48)52-26-14-13-25-51(52)49-23-11-9-21-47(49)41-18-5-2-6-19-41/h1-37H. The second-order valence-electron chi connectivity index (χ2n) is 13.3. The Bertz CT molecular complexity index is 2640. The molecule has 0 aliphatic carbocycles. The quantitative estimate of drug-likeness (QED) is 0.155. The summed E-state index contributed by atoms with van der Waals surface area (Å²) in [6.07, 6.45) is 0. The molecule has 0 atom stereocenters. The number of nitrogens with zero attached hydrogens (tertiary/aromatic N) is 1. The number of anilines is 3. The van der Waals surface area contributed by atoms with Crippen molar-refractivity contribution in [2.45, 2.75) is 0 Å². The summed E-state index contributed by atoms with van der Waals surface area (Å²) < 4.78 is 0. The predicted molar refractivity (Wildman–Crippen MR) is 226 cm³/mol. The van der Waals surface area contributed by atoms with Crippen LogP contribution in [0.25, 0.3) is 66.4 Å². The minimum atomic E-state index is 1.10. The van der Waals surface area contributed by atoms with Gasteiger partial charge >= 0.3 is 0 Å². The molecule has 0 bridgehead atoms. The van der Waals surface area contributed by atoms with Crippen molar-refractivity contribution in [3.63, 3.8) is 0 Å². The first-order valence-corrected chi connectivity index (χ1v) is 18.2. The zero-order valence-corrected chi connectivity index (χ0v) is 29.3. The molecule has 0 spiro atoms. The van der Waals surface area contributed by atoms with Crippen molar-refractivity contribution in [3.8, 4) is 55.6 Å². The van der Waals surface area contributed by atoms with Gasteiger partial charge in [0.05, 0.1) is 0 Å². The average molecular weight is 676 g/mol. The third-order valence-corrected chi connectivity index (χ3v) is 10.1. The Morgan fingerprint density at radius 1 is 0.208 bits per heavy atom. The van der Waals surface area contributed by atoms with Gasteiger partial charge in [-0.25, -0.2) is 0 Å². The van der Waals surface area contributed by atoms with E-state index in [1.807, 2.05) is 0 Å². The maximum Gasteiger partial charge on any atom is 0.0468 e. The van der Waals surface area contributed by atoms with Crippen LogP contribution in [0.2, 0.25) is 0 Å². The molecule has 0 aliphatic heterocycles. The van der Waals surface area contributed by atoms with E-state index in [4.69, 9.17) is 0 Å². The lowest BCUT2D eigenvalue weighted by atomic mass is 9.87. The minimum absolute atomic E-state index is 1.10. The van der Waals surface area contributed by atoms with Gasteiger partial charge in [-0.3, -0.25) is 0 Å². The maximum atomic E-state index is 2.35. The number of hydrogen-bond donors (Lipinski definition) is 0. The maximum absolute atomic E-state index is 2.35. The zero-order valence-electron chi connectivity index (χ0n) is 29.3. The van der Waals surface area contributed by atoms with E-state index in [1.54, 1.807) is 0 Å². The molecule has 0 saturated heterocycles. The van der Waals surface area contributed by atoms with Crippen LogP contribution < -0.4 is 4.90 Å². The van der Waals surface area contributed by atoms with Gasteiger partial charge in [0.1, 0.15) is 0 Å². The first-order valence-electron chi connectivity index (χ1n) is 18.2. The summed E-state index contributed by atoms with van der Waals surface area (Å²) in [4.78, 5) is 2.35. The summed E-state index contributed by atoms with van der Waals surface area (Å²) in [5.41, 5.74) is 15.4. The van der Waals surface area contributed by atoms with Gasteiger partial charge in [-0.05, 0) is 103 Å². The summed E-state index contributed by atoms with van der Waals surface area (Å²) in [6.45, 7) is 0. The molecule has 53 heavy (non-hydrogen) atoms. The van der Waals surface area contributed by atoms with Crippen molar-refractivity contribution < 1.29 is 0 Å². The Morgan fingerprint density at radius 3 is 1.08 bits per heavy atom. The highest BCUT2D eigenvalue weighted by atomic mass is 15.1. The monoisotopic (exact) mass is 675 g/mol. The van der Waals surface area contributed by atoms with Crippen LogP contribution >= 0.6 is 0 Å². The first-order chi connectivity index (χ1) is 26.3. The van der Waals surface area contributed by atoms with Crippen LogP contribution in [0.15, 0.2) is 224 Å². The van der Waals surface area contributed by atoms with E-state index in [9.17, 15) is 0 Å². The number of hydrogen-bond acceptors (Lipinski definition) is 1. The average Bonchev–Trinajstić information content (AvgIpc) is 3.25. The van der Waals surface area contributed by atoms with E-state index in [0.717, 1.165) is 17.1 Å². The molecular formula is C52H37N. The molecule has 0 saturated carbocycles. The zero-order chi connectivity index (χ0) is 35.4. The minimum Gasteiger partial charge on any atom is -0.310 e. The van der Waals surface area contributed by atoms with Gasteiger partial charge in [-0.2, -0.15) is 0 Å². The van der Waals surface area contributed by atoms with Gasteiger partial charge in [0, 0.05) is 17.1 Å². The third-order valence-electron chi connectivity index (χ3n) is 10.1. The van der Waals surface area contributed by atoms with E-state index in [2.05, 4.69) is 229 Å². The summed E-state index contributed by atoms with van der Waals surface area (Å²) in [6, 6.07) is 80.8. The molecule has 0 unspecified atom stereocenters. The topological polar surface area (TPSA) is 3.24 Å². The Balaban J connectivity index is 1.12. The lowest BCUT2D eigenvalue weighted by Gasteiger charge is -2.26. The van der Waals surface area contributed by atoms with Crippen molar-refractivity contribution in [2.24, 2.45) is 0 Å². The number of rotatable bonds is 8. The molecule has 9 aromatic rings. The van der Waals surface area contributed by atoms with Crippen molar-refractivity contribution in [1.82, 2.24) is 0 Å². The summed E-state index contributed by atoms with van der Waals surface area (Å²) in [5, 5.41) is 2.45. The van der Waals surface area contributed by atoms with Crippen LogP contribution in [-0.2, 0) is 0 Å². The number of benzene rings is 9. The second kappa shape index (κ2) is 14.3. The highest BCUT2D eigenvalue weighted by Gasteiger charge is 2.17. The molecule has 0 N–H and O–H groups in total. The Morgan fingerprint density at radius 2 is 0.547 bits per heavy atom. The van der Waals surface area contributed by atoms with Crippen molar-refractivity contribution in [3.05, 3.63) is 224 Å². The van der Waals surface area contributed by atoms with E-state index >= 15 is 0 Å². The molecule has 0 aliphatic rings. The number of fused-ring (bicyclic) bond motifs is 1. The summed E-state index contributed by atoms with van der Waals surface area (Å²) in [5.74, 6) is 0. The van der Waals surface area contributed by atoms with Gasteiger partial charge in [0.25, 0.3) is 0 Å². The fourth-order valence-corrected chi connectivity index (χ4v) is 7.50. The Labute approximate surface area is 311 Å². The van der Waals surface area contributed by atoms with Gasteiger partial charge in [0.2, 0.25) is 0 Å². The molecule has 0 radical (unpaired) electrons. The highest BCUT2D eigenvalue weighted by molar-refractivity contribution is 5.96. The van der Waals surface area contributed by atoms with Gasteiger partial charge < -0.3 is 4.90 Å². The normalized spacial score (nSPS) is 11.0. The molecule has 9 aromatic carbocycles. The SMILES string of the molecule is c1ccc(-c2ccc(N(c3ccc(-c4ccccc4-c4ccccc4-c4ccccc4-c4ccccc4)cc3)c3ccc4ccccc4c3)cc2)cc1. The molecule has 0 aromatic heterocycles. The van der Waals surface area contributed by atoms with Crippen molar-refractivity contribution in [1.29, 1.82) is 0 Å². The molecular weight excluding hydrogens is 639 g/mol. The fraction of sp³-hybridized carbons (Fsp3) is 0. The molecule has 9 rings (SSSR count). The summed E-state index contributed by atoms with van der Waals surface area (Å²) >= 11 is 0. The Hall–Kier alpha value is -6.96. The van der Waals surface area contributed by atoms with Crippen molar-refractivity contribution in [2.75, 3.05) is 4.90 Å². The Kier molecular flexibility index (Phi) is 8.66. The van der Waals surface area contributed by atoms with Crippen molar-refractivity contribution >= 4 is 27.8 Å². The van der Waals surface area contributed by atoms with E-state index in [0.29, 0.717) is 0 Å². The second-order valence-corrected chi connectivity index (χ2v) is 13.3. The van der Waals surface area contributed by atoms with Crippen LogP contribution in [0.3, 0.4) is 0 Å². The molecule has 0 amide bonds. The lowest BCUT2D eigenvalue weighted by molar-refractivity contribution is 1.29. The molecule has 0 heterocycles. The molecule has 1 heteroatoms. The van der Waals surface area contributed by atoms with E-state index in [1.165, 1.54) is 66.4 Å². The van der Waals surface area contributed by atoms with Crippen LogP contribution in [0.1, 0.15) is 0 Å². The van der Waals surface area contributed by atoms with Gasteiger partial charge in [-0.15, -0.1) is 0 Å². The van der Waals surface area contributed by atoms with Crippen LogP contribution in [0.5, 0.6) is 0 Å². The fourth-order valence-electron chi connectivity index (χ4n) is 7.50. The summed E-state index contributed by atoms with van der Waals surface area (Å²) in [7, 11) is 0. The molecule has 0 fully saturated rings. The lowest BCUT2D eigenvalue weighted by Crippen LogP contribution is -2.09. The van der Waals surface area contributed by atoms with Crippen LogP contribution in [0.4, 0.5) is 17.1 Å². The van der Waals surface area contributed by atoms with E-state index in [-0.39, 0.29) is 0 Å². The van der Waals surface area contributed by atoms with Crippen LogP contribution in [0, 0.1) is 0 Å². The first kappa shape index (κ1) is 32.0. The van der Waals surface area contributed by atoms with Crippen LogP contribution in [-0.4, -0.2) is 0 Å². The molecule has 1 nitrogen and oxygen atoms in total. The molecule has 250 valence electrons. The van der Waals surface area contributed by atoms with Gasteiger partial charge in [0.15, 0.2) is 0 Å². The van der Waals surface area contributed by atoms with E-state index < -0.39 is 0 Å². The smallest absolute Gasteiger partial charge is 0.0468 e. The third kappa shape index (κ3) is 6.42.